The zero-order chi connectivity index (χ0) is 10.2. The number of nitrogens with zero attached hydrogens (tertiary/aromatic N) is 2. The van der Waals surface area contributed by atoms with Crippen LogP contribution in [0.1, 0.15) is 25.7 Å². The van der Waals surface area contributed by atoms with Crippen LogP contribution >= 0.6 is 0 Å². The maximum atomic E-state index is 12.3. The van der Waals surface area contributed by atoms with E-state index in [9.17, 15) is 13.2 Å². The standard InChI is InChI=1S/C9H13F3N2/c10-9(11,12)14-6-5-13(7-14)8-3-1-2-4-8/h5-6,8H,1-4,7H2. The van der Waals surface area contributed by atoms with Crippen LogP contribution in [0.2, 0.25) is 0 Å². The van der Waals surface area contributed by atoms with Crippen molar-refractivity contribution in [1.82, 2.24) is 9.80 Å². The molecule has 0 N–H and O–H groups in total. The molecule has 1 fully saturated rings. The largest absolute Gasteiger partial charge is 0.485 e. The molecule has 0 atom stereocenters. The highest BCUT2D eigenvalue weighted by molar-refractivity contribution is 4.95. The van der Waals surface area contributed by atoms with Gasteiger partial charge in [-0.25, -0.2) is 0 Å². The van der Waals surface area contributed by atoms with Gasteiger partial charge in [0.2, 0.25) is 0 Å². The minimum Gasteiger partial charge on any atom is -0.355 e. The lowest BCUT2D eigenvalue weighted by Crippen LogP contribution is -2.38. The fourth-order valence-electron chi connectivity index (χ4n) is 2.07. The number of hydrogen-bond acceptors (Lipinski definition) is 2. The van der Waals surface area contributed by atoms with Gasteiger partial charge in [0, 0.05) is 18.4 Å². The van der Waals surface area contributed by atoms with Crippen molar-refractivity contribution in [2.45, 2.75) is 38.0 Å². The molecule has 0 aromatic carbocycles. The monoisotopic (exact) mass is 206 g/mol. The summed E-state index contributed by atoms with van der Waals surface area (Å²) in [7, 11) is 0. The molecule has 2 nitrogen and oxygen atoms in total. The molecular formula is C9H13F3N2. The maximum Gasteiger partial charge on any atom is 0.485 e. The van der Waals surface area contributed by atoms with E-state index in [4.69, 9.17) is 0 Å². The van der Waals surface area contributed by atoms with E-state index in [1.807, 2.05) is 0 Å². The number of hydrogen-bond donors (Lipinski definition) is 0. The van der Waals surface area contributed by atoms with E-state index >= 15 is 0 Å². The first-order valence-corrected chi connectivity index (χ1v) is 4.85. The molecule has 5 heteroatoms. The van der Waals surface area contributed by atoms with Crippen LogP contribution in [-0.4, -0.2) is 28.8 Å². The van der Waals surface area contributed by atoms with Gasteiger partial charge in [-0.15, -0.1) is 0 Å². The first-order chi connectivity index (χ1) is 6.57. The second-order valence-corrected chi connectivity index (χ2v) is 3.83. The fraction of sp³-hybridized carbons (Fsp3) is 0.778. The lowest BCUT2D eigenvalue weighted by molar-refractivity contribution is -0.231. The summed E-state index contributed by atoms with van der Waals surface area (Å²) in [6.45, 7) is -0.0336. The van der Waals surface area contributed by atoms with Gasteiger partial charge in [-0.1, -0.05) is 12.8 Å². The molecule has 0 spiro atoms. The van der Waals surface area contributed by atoms with Gasteiger partial charge in [0.1, 0.15) is 0 Å². The summed E-state index contributed by atoms with van der Waals surface area (Å²) in [6.07, 6.45) is 2.78. The van der Waals surface area contributed by atoms with Crippen LogP contribution in [0, 0.1) is 0 Å². The smallest absolute Gasteiger partial charge is 0.355 e. The van der Waals surface area contributed by atoms with E-state index < -0.39 is 6.30 Å². The van der Waals surface area contributed by atoms with Gasteiger partial charge in [0.05, 0.1) is 6.67 Å². The topological polar surface area (TPSA) is 6.48 Å². The van der Waals surface area contributed by atoms with Crippen molar-refractivity contribution in [3.8, 4) is 0 Å². The van der Waals surface area contributed by atoms with Gasteiger partial charge in [0.15, 0.2) is 0 Å². The minimum atomic E-state index is -4.23. The summed E-state index contributed by atoms with van der Waals surface area (Å²) in [4.78, 5) is 2.21. The molecule has 1 heterocycles. The highest BCUT2D eigenvalue weighted by atomic mass is 19.4. The predicted molar refractivity (Wildman–Crippen MR) is 46.0 cm³/mol. The zero-order valence-electron chi connectivity index (χ0n) is 7.80. The first-order valence-electron chi connectivity index (χ1n) is 4.85. The third-order valence-corrected chi connectivity index (χ3v) is 2.87. The van der Waals surface area contributed by atoms with Crippen LogP contribution < -0.4 is 0 Å². The fourth-order valence-corrected chi connectivity index (χ4v) is 2.07. The normalized spacial score (nSPS) is 23.9. The molecule has 2 aliphatic rings. The SMILES string of the molecule is FC(F)(F)N1C=CN(C2CCCC2)C1. The van der Waals surface area contributed by atoms with Crippen molar-refractivity contribution < 1.29 is 13.2 Å². The molecule has 1 saturated carbocycles. The Morgan fingerprint density at radius 3 is 2.21 bits per heavy atom. The molecule has 0 radical (unpaired) electrons. The molecule has 0 aromatic rings. The van der Waals surface area contributed by atoms with Gasteiger partial charge < -0.3 is 4.90 Å². The van der Waals surface area contributed by atoms with Crippen molar-refractivity contribution in [1.29, 1.82) is 0 Å². The second kappa shape index (κ2) is 3.37. The molecule has 2 rings (SSSR count). The van der Waals surface area contributed by atoms with Crippen LogP contribution in [0.3, 0.4) is 0 Å². The van der Waals surface area contributed by atoms with Gasteiger partial charge >= 0.3 is 6.30 Å². The Labute approximate surface area is 81.0 Å². The molecule has 0 bridgehead atoms. The van der Waals surface area contributed by atoms with Crippen LogP contribution in [0.5, 0.6) is 0 Å². The summed E-state index contributed by atoms with van der Waals surface area (Å²) < 4.78 is 36.8. The van der Waals surface area contributed by atoms with Crippen molar-refractivity contribution in [3.05, 3.63) is 12.4 Å². The van der Waals surface area contributed by atoms with E-state index in [-0.39, 0.29) is 6.67 Å². The molecule has 0 amide bonds. The lowest BCUT2D eigenvalue weighted by atomic mass is 10.2. The molecule has 1 aliphatic carbocycles. The quantitative estimate of drug-likeness (QED) is 0.608. The molecule has 0 saturated heterocycles. The average molecular weight is 206 g/mol. The molecule has 0 unspecified atom stereocenters. The highest BCUT2D eigenvalue weighted by Gasteiger charge is 2.39. The summed E-state index contributed by atoms with van der Waals surface area (Å²) in [6, 6.07) is 0.318. The van der Waals surface area contributed by atoms with Gasteiger partial charge in [-0.05, 0) is 12.8 Å². The molecule has 1 aliphatic heterocycles. The molecule has 80 valence electrons. The van der Waals surface area contributed by atoms with Crippen LogP contribution in [-0.2, 0) is 0 Å². The predicted octanol–water partition coefficient (Wildman–Crippen LogP) is 2.50. The average Bonchev–Trinajstić information content (AvgIpc) is 2.73. The molecular weight excluding hydrogens is 193 g/mol. The number of rotatable bonds is 1. The Morgan fingerprint density at radius 2 is 1.71 bits per heavy atom. The number of halogens is 3. The highest BCUT2D eigenvalue weighted by Crippen LogP contribution is 2.30. The minimum absolute atomic E-state index is 0.0336. The van der Waals surface area contributed by atoms with Crippen LogP contribution in [0.25, 0.3) is 0 Å². The van der Waals surface area contributed by atoms with Gasteiger partial charge in [0.25, 0.3) is 0 Å². The van der Waals surface area contributed by atoms with Gasteiger partial charge in [-0.3, -0.25) is 4.90 Å². The van der Waals surface area contributed by atoms with E-state index in [1.54, 1.807) is 11.1 Å². The lowest BCUT2D eigenvalue weighted by Gasteiger charge is -2.27. The van der Waals surface area contributed by atoms with E-state index in [0.29, 0.717) is 10.9 Å². The zero-order valence-corrected chi connectivity index (χ0v) is 7.80. The van der Waals surface area contributed by atoms with E-state index in [0.717, 1.165) is 31.9 Å². The Bertz CT molecular complexity index is 231. The Kier molecular flexibility index (Phi) is 2.33. The Morgan fingerprint density at radius 1 is 1.07 bits per heavy atom. The second-order valence-electron chi connectivity index (χ2n) is 3.83. The molecule has 0 aromatic heterocycles. The summed E-state index contributed by atoms with van der Waals surface area (Å²) >= 11 is 0. The summed E-state index contributed by atoms with van der Waals surface area (Å²) in [5.74, 6) is 0. The summed E-state index contributed by atoms with van der Waals surface area (Å²) in [5, 5.41) is 0. The van der Waals surface area contributed by atoms with E-state index in [1.165, 1.54) is 0 Å². The Balaban J connectivity index is 1.92. The van der Waals surface area contributed by atoms with Crippen molar-refractivity contribution in [2.24, 2.45) is 0 Å². The van der Waals surface area contributed by atoms with Crippen molar-refractivity contribution in [3.63, 3.8) is 0 Å². The van der Waals surface area contributed by atoms with Crippen LogP contribution in [0.15, 0.2) is 12.4 Å². The van der Waals surface area contributed by atoms with Gasteiger partial charge in [-0.2, -0.15) is 13.2 Å². The van der Waals surface area contributed by atoms with Crippen molar-refractivity contribution >= 4 is 0 Å². The van der Waals surface area contributed by atoms with E-state index in [2.05, 4.69) is 0 Å². The third-order valence-electron chi connectivity index (χ3n) is 2.87. The third kappa shape index (κ3) is 1.81. The molecule has 14 heavy (non-hydrogen) atoms. The maximum absolute atomic E-state index is 12.3. The number of alkyl halides is 3. The Hall–Kier alpha value is -0.870. The summed E-state index contributed by atoms with van der Waals surface area (Å²) in [5.41, 5.74) is 0. The van der Waals surface area contributed by atoms with Crippen LogP contribution in [0.4, 0.5) is 13.2 Å². The first kappa shape index (κ1) is 9.68. The van der Waals surface area contributed by atoms with Crippen molar-refractivity contribution in [2.75, 3.05) is 6.67 Å².